The van der Waals surface area contributed by atoms with Gasteiger partial charge in [-0.05, 0) is 57.2 Å². The van der Waals surface area contributed by atoms with Crippen molar-refractivity contribution in [3.63, 3.8) is 0 Å². The summed E-state index contributed by atoms with van der Waals surface area (Å²) in [6.07, 6.45) is 5.85. The lowest BCUT2D eigenvalue weighted by Gasteiger charge is -2.37. The molecule has 1 aromatic heterocycles. The average Bonchev–Trinajstić information content (AvgIpc) is 3.19. The van der Waals surface area contributed by atoms with Crippen LogP contribution in [0.25, 0.3) is 11.4 Å². The van der Waals surface area contributed by atoms with Gasteiger partial charge in [-0.1, -0.05) is 65.8 Å². The van der Waals surface area contributed by atoms with Crippen molar-refractivity contribution in [1.29, 1.82) is 0 Å². The molecule has 1 aliphatic rings. The van der Waals surface area contributed by atoms with Gasteiger partial charge in [0.1, 0.15) is 0 Å². The number of hydrogen-bond donors (Lipinski definition) is 0. The lowest BCUT2D eigenvalue weighted by Crippen LogP contribution is -2.30. The summed E-state index contributed by atoms with van der Waals surface area (Å²) in [5.41, 5.74) is 2.44. The number of benzene rings is 2. The van der Waals surface area contributed by atoms with E-state index in [1.165, 1.54) is 31.2 Å². The molecule has 1 atom stereocenters. The van der Waals surface area contributed by atoms with E-state index in [4.69, 9.17) is 4.52 Å². The maximum Gasteiger partial charge on any atom is 0.227 e. The third-order valence-electron chi connectivity index (χ3n) is 6.00. The predicted octanol–water partition coefficient (Wildman–Crippen LogP) is 5.39. The lowest BCUT2D eigenvalue weighted by atomic mass is 9.75. The first-order valence-electron chi connectivity index (χ1n) is 10.3. The second kappa shape index (κ2) is 8.70. The molecule has 0 radical (unpaired) electrons. The van der Waals surface area contributed by atoms with Gasteiger partial charge < -0.3 is 9.42 Å². The molecule has 1 aliphatic carbocycles. The highest BCUT2D eigenvalue weighted by Gasteiger charge is 2.30. The van der Waals surface area contributed by atoms with E-state index in [0.29, 0.717) is 23.7 Å². The summed E-state index contributed by atoms with van der Waals surface area (Å²) < 4.78 is 5.53. The Kier molecular flexibility index (Phi) is 5.87. The summed E-state index contributed by atoms with van der Waals surface area (Å²) in [6.45, 7) is 0. The molecule has 146 valence electrons. The summed E-state index contributed by atoms with van der Waals surface area (Å²) in [7, 11) is 4.40. The number of nitrogens with zero attached hydrogens (tertiary/aromatic N) is 3. The first-order valence-corrected chi connectivity index (χ1v) is 10.3. The molecule has 3 aromatic rings. The van der Waals surface area contributed by atoms with Gasteiger partial charge in [0.25, 0.3) is 0 Å². The Balaban J connectivity index is 1.36. The van der Waals surface area contributed by atoms with Crippen molar-refractivity contribution >= 4 is 0 Å². The zero-order valence-electron chi connectivity index (χ0n) is 16.8. The van der Waals surface area contributed by atoms with E-state index >= 15 is 0 Å². The van der Waals surface area contributed by atoms with Gasteiger partial charge in [0.15, 0.2) is 0 Å². The summed E-state index contributed by atoms with van der Waals surface area (Å²) in [6, 6.07) is 21.5. The van der Waals surface area contributed by atoms with Gasteiger partial charge in [0.05, 0.1) is 0 Å². The molecular weight excluding hydrogens is 346 g/mol. The quantitative estimate of drug-likeness (QED) is 0.579. The van der Waals surface area contributed by atoms with Gasteiger partial charge in [0, 0.05) is 18.0 Å². The molecule has 1 saturated carbocycles. The topological polar surface area (TPSA) is 42.2 Å². The second-order valence-corrected chi connectivity index (χ2v) is 8.18. The van der Waals surface area contributed by atoms with Gasteiger partial charge in [-0.3, -0.25) is 0 Å². The molecule has 0 aliphatic heterocycles. The Morgan fingerprint density at radius 1 is 0.929 bits per heavy atom. The number of rotatable bonds is 6. The van der Waals surface area contributed by atoms with Crippen LogP contribution in [-0.2, 0) is 6.42 Å². The maximum atomic E-state index is 5.53. The lowest BCUT2D eigenvalue weighted by molar-refractivity contribution is 0.146. The Hall–Kier alpha value is -2.46. The van der Waals surface area contributed by atoms with Crippen molar-refractivity contribution < 1.29 is 4.52 Å². The maximum absolute atomic E-state index is 5.53. The Labute approximate surface area is 167 Å². The van der Waals surface area contributed by atoms with Gasteiger partial charge in [-0.2, -0.15) is 4.98 Å². The van der Waals surface area contributed by atoms with Crippen LogP contribution in [0.1, 0.15) is 43.2 Å². The van der Waals surface area contributed by atoms with Crippen LogP contribution in [0.4, 0.5) is 0 Å². The van der Waals surface area contributed by atoms with Crippen LogP contribution in [0.15, 0.2) is 65.2 Å². The molecule has 4 heteroatoms. The summed E-state index contributed by atoms with van der Waals surface area (Å²) in [4.78, 5) is 7.00. The third kappa shape index (κ3) is 4.33. The minimum absolute atomic E-state index is 0.496. The van der Waals surface area contributed by atoms with E-state index in [-0.39, 0.29) is 0 Å². The van der Waals surface area contributed by atoms with Gasteiger partial charge in [-0.15, -0.1) is 0 Å². The summed E-state index contributed by atoms with van der Waals surface area (Å²) in [5.74, 6) is 2.81. The van der Waals surface area contributed by atoms with Crippen LogP contribution in [0, 0.1) is 11.8 Å². The molecule has 1 fully saturated rings. The minimum atomic E-state index is 0.496. The molecule has 4 rings (SSSR count). The van der Waals surface area contributed by atoms with Crippen molar-refractivity contribution in [3.05, 3.63) is 72.1 Å². The van der Waals surface area contributed by atoms with Gasteiger partial charge in [0.2, 0.25) is 11.7 Å². The Bertz CT molecular complexity index is 852. The summed E-state index contributed by atoms with van der Waals surface area (Å²) >= 11 is 0. The van der Waals surface area contributed by atoms with Crippen molar-refractivity contribution in [2.45, 2.75) is 38.1 Å². The number of hydrogen-bond acceptors (Lipinski definition) is 4. The molecule has 0 amide bonds. The molecular formula is C24H29N3O. The largest absolute Gasteiger partial charge is 0.339 e. The Morgan fingerprint density at radius 3 is 2.21 bits per heavy atom. The first-order chi connectivity index (χ1) is 13.7. The first kappa shape index (κ1) is 18.9. The fourth-order valence-electron chi connectivity index (χ4n) is 4.64. The molecule has 28 heavy (non-hydrogen) atoms. The normalized spacial score (nSPS) is 21.0. The van der Waals surface area contributed by atoms with E-state index in [1.807, 2.05) is 30.3 Å². The molecule has 0 N–H and O–H groups in total. The van der Waals surface area contributed by atoms with Crippen molar-refractivity contribution in [2.24, 2.45) is 11.8 Å². The van der Waals surface area contributed by atoms with Crippen LogP contribution >= 0.6 is 0 Å². The van der Waals surface area contributed by atoms with E-state index in [0.717, 1.165) is 17.9 Å². The zero-order valence-corrected chi connectivity index (χ0v) is 16.8. The molecule has 2 aromatic carbocycles. The number of aromatic nitrogens is 2. The van der Waals surface area contributed by atoms with E-state index in [9.17, 15) is 0 Å². The molecule has 1 heterocycles. The highest BCUT2D eigenvalue weighted by molar-refractivity contribution is 5.53. The fourth-order valence-corrected chi connectivity index (χ4v) is 4.64. The van der Waals surface area contributed by atoms with E-state index < -0.39 is 0 Å². The van der Waals surface area contributed by atoms with Crippen LogP contribution in [0.5, 0.6) is 0 Å². The SMILES string of the molecule is CN(C)C(c1ccccc1)C1CCC(Cc2nc(-c3ccccc3)no2)CC1. The third-order valence-corrected chi connectivity index (χ3v) is 6.00. The van der Waals surface area contributed by atoms with Crippen LogP contribution in [0.3, 0.4) is 0 Å². The monoisotopic (exact) mass is 375 g/mol. The second-order valence-electron chi connectivity index (χ2n) is 8.18. The molecule has 4 nitrogen and oxygen atoms in total. The Morgan fingerprint density at radius 2 is 1.57 bits per heavy atom. The van der Waals surface area contributed by atoms with Crippen molar-refractivity contribution in [1.82, 2.24) is 15.0 Å². The van der Waals surface area contributed by atoms with Crippen LogP contribution in [0.2, 0.25) is 0 Å². The molecule has 1 unspecified atom stereocenters. The molecule has 0 saturated heterocycles. The van der Waals surface area contributed by atoms with Crippen LogP contribution < -0.4 is 0 Å². The highest BCUT2D eigenvalue weighted by Crippen LogP contribution is 2.40. The average molecular weight is 376 g/mol. The standard InChI is InChI=1S/C24H29N3O/c1-27(2)23(19-9-5-3-6-10-19)20-15-13-18(14-16-20)17-22-25-24(26-28-22)21-11-7-4-8-12-21/h3-12,18,20,23H,13-17H2,1-2H3. The predicted molar refractivity (Wildman–Crippen MR) is 112 cm³/mol. The minimum Gasteiger partial charge on any atom is -0.339 e. The van der Waals surface area contributed by atoms with E-state index in [2.05, 4.69) is 59.5 Å². The fraction of sp³-hybridized carbons (Fsp3) is 0.417. The van der Waals surface area contributed by atoms with Gasteiger partial charge in [-0.25, -0.2) is 0 Å². The summed E-state index contributed by atoms with van der Waals surface area (Å²) in [5, 5.41) is 4.17. The molecule has 0 spiro atoms. The zero-order chi connectivity index (χ0) is 19.3. The van der Waals surface area contributed by atoms with E-state index in [1.54, 1.807) is 0 Å². The smallest absolute Gasteiger partial charge is 0.227 e. The van der Waals surface area contributed by atoms with Crippen molar-refractivity contribution in [2.75, 3.05) is 14.1 Å². The van der Waals surface area contributed by atoms with Gasteiger partial charge >= 0.3 is 0 Å². The van der Waals surface area contributed by atoms with Crippen LogP contribution in [-0.4, -0.2) is 29.1 Å². The molecule has 0 bridgehead atoms. The van der Waals surface area contributed by atoms with Crippen molar-refractivity contribution in [3.8, 4) is 11.4 Å². The highest BCUT2D eigenvalue weighted by atomic mass is 16.5.